The van der Waals surface area contributed by atoms with Crippen molar-refractivity contribution in [2.24, 2.45) is 11.7 Å². The van der Waals surface area contributed by atoms with Crippen molar-refractivity contribution < 1.29 is 4.74 Å². The van der Waals surface area contributed by atoms with E-state index in [-0.39, 0.29) is 5.54 Å². The minimum absolute atomic E-state index is 0.0493. The molecule has 0 amide bonds. The van der Waals surface area contributed by atoms with E-state index in [4.69, 9.17) is 10.5 Å². The van der Waals surface area contributed by atoms with Crippen LogP contribution in [0.5, 0.6) is 0 Å². The van der Waals surface area contributed by atoms with E-state index in [0.717, 1.165) is 38.1 Å². The van der Waals surface area contributed by atoms with Crippen molar-refractivity contribution >= 4 is 0 Å². The molecule has 0 bridgehead atoms. The van der Waals surface area contributed by atoms with Gasteiger partial charge in [0, 0.05) is 19.2 Å². The van der Waals surface area contributed by atoms with Gasteiger partial charge in [0.05, 0.1) is 12.1 Å². The summed E-state index contributed by atoms with van der Waals surface area (Å²) in [4.78, 5) is 2.67. The van der Waals surface area contributed by atoms with Crippen LogP contribution in [0.3, 0.4) is 0 Å². The van der Waals surface area contributed by atoms with Gasteiger partial charge >= 0.3 is 0 Å². The van der Waals surface area contributed by atoms with Crippen LogP contribution in [0.1, 0.15) is 38.5 Å². The smallest absolute Gasteiger partial charge is 0.0659 e. The fourth-order valence-electron chi connectivity index (χ4n) is 3.85. The summed E-state index contributed by atoms with van der Waals surface area (Å²) in [6.07, 6.45) is 8.18. The molecule has 2 aliphatic heterocycles. The van der Waals surface area contributed by atoms with Crippen LogP contribution in [0.4, 0.5) is 0 Å². The van der Waals surface area contributed by atoms with Crippen molar-refractivity contribution in [2.75, 3.05) is 26.3 Å². The lowest BCUT2D eigenvalue weighted by molar-refractivity contribution is 0.127. The Balaban J connectivity index is 1.62. The Labute approximate surface area is 98.3 Å². The summed E-state index contributed by atoms with van der Waals surface area (Å²) in [5, 5.41) is 0. The fraction of sp³-hybridized carbons (Fsp3) is 1.00. The molecule has 3 atom stereocenters. The molecule has 0 aromatic carbocycles. The molecule has 16 heavy (non-hydrogen) atoms. The first-order chi connectivity index (χ1) is 7.77. The number of nitrogens with zero attached hydrogens (tertiary/aromatic N) is 1. The van der Waals surface area contributed by atoms with E-state index in [1.807, 2.05) is 0 Å². The van der Waals surface area contributed by atoms with E-state index in [0.29, 0.717) is 0 Å². The van der Waals surface area contributed by atoms with Gasteiger partial charge in [-0.2, -0.15) is 0 Å². The minimum Gasteiger partial charge on any atom is -0.379 e. The third-order valence-electron chi connectivity index (χ3n) is 4.78. The Morgan fingerprint density at radius 1 is 1.25 bits per heavy atom. The molecule has 1 saturated carbocycles. The van der Waals surface area contributed by atoms with E-state index in [1.54, 1.807) is 0 Å². The molecular formula is C13H24N2O. The van der Waals surface area contributed by atoms with Crippen LogP contribution in [0.2, 0.25) is 0 Å². The van der Waals surface area contributed by atoms with E-state index >= 15 is 0 Å². The van der Waals surface area contributed by atoms with Gasteiger partial charge in [0.15, 0.2) is 0 Å². The number of hydrogen-bond acceptors (Lipinski definition) is 3. The molecular weight excluding hydrogens is 200 g/mol. The van der Waals surface area contributed by atoms with Gasteiger partial charge in [-0.05, 0) is 38.1 Å². The normalized spacial score (nSPS) is 44.8. The van der Waals surface area contributed by atoms with Crippen molar-refractivity contribution in [3.8, 4) is 0 Å². The summed E-state index contributed by atoms with van der Waals surface area (Å²) < 4.78 is 5.45. The minimum atomic E-state index is -0.0493. The summed E-state index contributed by atoms with van der Waals surface area (Å²) in [5.41, 5.74) is 6.34. The van der Waals surface area contributed by atoms with Crippen LogP contribution in [0, 0.1) is 5.92 Å². The maximum absolute atomic E-state index is 6.39. The third kappa shape index (κ3) is 2.01. The van der Waals surface area contributed by atoms with E-state index in [1.165, 1.54) is 38.6 Å². The van der Waals surface area contributed by atoms with Gasteiger partial charge in [-0.15, -0.1) is 0 Å². The second kappa shape index (κ2) is 4.28. The van der Waals surface area contributed by atoms with Crippen molar-refractivity contribution in [1.82, 2.24) is 4.90 Å². The molecule has 0 aromatic rings. The van der Waals surface area contributed by atoms with Gasteiger partial charge in [-0.25, -0.2) is 0 Å². The Bertz CT molecular complexity index is 250. The highest BCUT2D eigenvalue weighted by molar-refractivity contribution is 4.97. The molecule has 3 rings (SSSR count). The number of rotatable bonds is 2. The second-order valence-electron chi connectivity index (χ2n) is 6.04. The zero-order valence-electron chi connectivity index (χ0n) is 10.2. The Morgan fingerprint density at radius 2 is 2.12 bits per heavy atom. The molecule has 2 heterocycles. The predicted octanol–water partition coefficient (Wildman–Crippen LogP) is 1.37. The molecule has 3 nitrogen and oxygen atoms in total. The second-order valence-corrected chi connectivity index (χ2v) is 6.04. The highest BCUT2D eigenvalue weighted by Gasteiger charge is 2.40. The summed E-state index contributed by atoms with van der Waals surface area (Å²) in [5.74, 6) is 0.972. The molecule has 1 aliphatic carbocycles. The summed E-state index contributed by atoms with van der Waals surface area (Å²) in [6, 6.07) is 0.842. The van der Waals surface area contributed by atoms with Gasteiger partial charge in [0.25, 0.3) is 0 Å². The standard InChI is InChI=1S/C13H24N2O/c14-13(6-8-16-10-13)9-15-7-5-11-3-1-2-4-12(11)15/h11-12H,1-10,14H2. The van der Waals surface area contributed by atoms with Crippen LogP contribution in [0.15, 0.2) is 0 Å². The van der Waals surface area contributed by atoms with Crippen molar-refractivity contribution in [2.45, 2.75) is 50.1 Å². The Hall–Kier alpha value is -0.120. The topological polar surface area (TPSA) is 38.5 Å². The summed E-state index contributed by atoms with van der Waals surface area (Å²) >= 11 is 0. The predicted molar refractivity (Wildman–Crippen MR) is 64.3 cm³/mol. The van der Waals surface area contributed by atoms with Gasteiger partial charge in [0.2, 0.25) is 0 Å². The van der Waals surface area contributed by atoms with Crippen LogP contribution in [-0.4, -0.2) is 42.8 Å². The third-order valence-corrected chi connectivity index (χ3v) is 4.78. The largest absolute Gasteiger partial charge is 0.379 e. The molecule has 2 N–H and O–H groups in total. The van der Waals surface area contributed by atoms with Crippen molar-refractivity contribution in [1.29, 1.82) is 0 Å². The van der Waals surface area contributed by atoms with E-state index < -0.39 is 0 Å². The lowest BCUT2D eigenvalue weighted by atomic mass is 9.85. The van der Waals surface area contributed by atoms with Crippen LogP contribution in [-0.2, 0) is 4.74 Å². The zero-order valence-corrected chi connectivity index (χ0v) is 10.2. The number of likely N-dealkylation sites (tertiary alicyclic amines) is 1. The van der Waals surface area contributed by atoms with Crippen molar-refractivity contribution in [3.05, 3.63) is 0 Å². The number of hydrogen-bond donors (Lipinski definition) is 1. The maximum Gasteiger partial charge on any atom is 0.0659 e. The number of fused-ring (bicyclic) bond motifs is 1. The molecule has 3 unspecified atom stereocenters. The lowest BCUT2D eigenvalue weighted by Crippen LogP contribution is -2.52. The van der Waals surface area contributed by atoms with Gasteiger partial charge in [0.1, 0.15) is 0 Å². The molecule has 0 radical (unpaired) electrons. The molecule has 3 heteroatoms. The van der Waals surface area contributed by atoms with E-state index in [9.17, 15) is 0 Å². The lowest BCUT2D eigenvalue weighted by Gasteiger charge is -2.36. The molecule has 0 aromatic heterocycles. The average molecular weight is 224 g/mol. The molecule has 3 aliphatic rings. The average Bonchev–Trinajstić information content (AvgIpc) is 2.87. The zero-order chi connectivity index (χ0) is 11.0. The first kappa shape index (κ1) is 11.0. The first-order valence-electron chi connectivity index (χ1n) is 6.88. The molecule has 3 fully saturated rings. The highest BCUT2D eigenvalue weighted by Crippen LogP contribution is 2.37. The Kier molecular flexibility index (Phi) is 2.94. The summed E-state index contributed by atoms with van der Waals surface area (Å²) in [6.45, 7) is 3.96. The van der Waals surface area contributed by atoms with Crippen LogP contribution < -0.4 is 5.73 Å². The number of nitrogens with two attached hydrogens (primary N) is 1. The monoisotopic (exact) mass is 224 g/mol. The quantitative estimate of drug-likeness (QED) is 0.770. The maximum atomic E-state index is 6.39. The van der Waals surface area contributed by atoms with Crippen LogP contribution in [0.25, 0.3) is 0 Å². The Morgan fingerprint density at radius 3 is 2.94 bits per heavy atom. The SMILES string of the molecule is NC1(CN2CCC3CCCCC32)CCOC1. The van der Waals surface area contributed by atoms with Crippen LogP contribution >= 0.6 is 0 Å². The van der Waals surface area contributed by atoms with Gasteiger partial charge < -0.3 is 10.5 Å². The number of ether oxygens (including phenoxy) is 1. The highest BCUT2D eigenvalue weighted by atomic mass is 16.5. The fourth-order valence-corrected chi connectivity index (χ4v) is 3.85. The first-order valence-corrected chi connectivity index (χ1v) is 6.88. The molecule has 92 valence electrons. The molecule has 0 spiro atoms. The van der Waals surface area contributed by atoms with Crippen molar-refractivity contribution in [3.63, 3.8) is 0 Å². The molecule has 2 saturated heterocycles. The van der Waals surface area contributed by atoms with Gasteiger partial charge in [-0.3, -0.25) is 4.90 Å². The van der Waals surface area contributed by atoms with E-state index in [2.05, 4.69) is 4.90 Å². The summed E-state index contributed by atoms with van der Waals surface area (Å²) in [7, 11) is 0. The van der Waals surface area contributed by atoms with Gasteiger partial charge in [-0.1, -0.05) is 12.8 Å².